The number of hydrogen-bond donors (Lipinski definition) is 1. The van der Waals surface area contributed by atoms with Crippen molar-refractivity contribution in [2.75, 3.05) is 12.4 Å². The second-order valence-corrected chi connectivity index (χ2v) is 3.55. The highest BCUT2D eigenvalue weighted by Crippen LogP contribution is 2.36. The van der Waals surface area contributed by atoms with Crippen molar-refractivity contribution in [2.45, 2.75) is 6.18 Å². The highest BCUT2D eigenvalue weighted by Gasteiger charge is 2.33. The summed E-state index contributed by atoms with van der Waals surface area (Å²) in [7, 11) is 0.977. The summed E-state index contributed by atoms with van der Waals surface area (Å²) in [4.78, 5) is 21.9. The number of carbonyl (C=O) groups is 2. The lowest BCUT2D eigenvalue weighted by molar-refractivity contribution is -0.150. The third-order valence-corrected chi connectivity index (χ3v) is 2.23. The molecule has 0 atom stereocenters. The number of methoxy groups -OCH3 is 1. The van der Waals surface area contributed by atoms with Crippen molar-refractivity contribution in [3.05, 3.63) is 28.8 Å². The minimum absolute atomic E-state index is 0.206. The predicted octanol–water partition coefficient (Wildman–Crippen LogP) is 2.47. The van der Waals surface area contributed by atoms with Crippen LogP contribution in [0.5, 0.6) is 0 Å². The number of amides is 1. The van der Waals surface area contributed by atoms with Gasteiger partial charge < -0.3 is 10.1 Å². The molecule has 0 fully saturated rings. The van der Waals surface area contributed by atoms with Crippen LogP contribution in [0, 0.1) is 0 Å². The monoisotopic (exact) mass is 281 g/mol. The molecular formula is C10H7ClF3NO3. The van der Waals surface area contributed by atoms with Crippen molar-refractivity contribution in [1.82, 2.24) is 0 Å². The van der Waals surface area contributed by atoms with Gasteiger partial charge in [0.2, 0.25) is 0 Å². The number of halogens is 4. The lowest BCUT2D eigenvalue weighted by Crippen LogP contribution is -2.24. The van der Waals surface area contributed by atoms with Gasteiger partial charge >= 0.3 is 18.1 Å². The van der Waals surface area contributed by atoms with E-state index in [9.17, 15) is 22.8 Å². The number of benzene rings is 1. The van der Waals surface area contributed by atoms with Crippen molar-refractivity contribution >= 4 is 29.2 Å². The molecule has 1 aromatic rings. The predicted molar refractivity (Wildman–Crippen MR) is 57.1 cm³/mol. The van der Waals surface area contributed by atoms with Crippen molar-refractivity contribution in [3.8, 4) is 0 Å². The summed E-state index contributed by atoms with van der Waals surface area (Å²) < 4.78 is 41.6. The second kappa shape index (κ2) is 5.26. The lowest BCUT2D eigenvalue weighted by Gasteiger charge is -2.11. The Morgan fingerprint density at radius 3 is 2.44 bits per heavy atom. The molecule has 0 saturated heterocycles. The fourth-order valence-electron chi connectivity index (χ4n) is 1.10. The zero-order valence-corrected chi connectivity index (χ0v) is 9.72. The molecule has 0 heterocycles. The van der Waals surface area contributed by atoms with Crippen LogP contribution in [0.3, 0.4) is 0 Å². The van der Waals surface area contributed by atoms with Gasteiger partial charge in [-0.15, -0.1) is 0 Å². The number of alkyl halides is 3. The van der Waals surface area contributed by atoms with Crippen LogP contribution in [0.25, 0.3) is 0 Å². The number of carbonyl (C=O) groups excluding carboxylic acids is 2. The maximum Gasteiger partial charge on any atom is 0.417 e. The first-order chi connectivity index (χ1) is 8.25. The first-order valence-corrected chi connectivity index (χ1v) is 4.89. The van der Waals surface area contributed by atoms with Crippen molar-refractivity contribution in [2.24, 2.45) is 0 Å². The topological polar surface area (TPSA) is 55.4 Å². The van der Waals surface area contributed by atoms with Crippen LogP contribution >= 0.6 is 11.6 Å². The largest absolute Gasteiger partial charge is 0.462 e. The van der Waals surface area contributed by atoms with Crippen LogP contribution in [0.2, 0.25) is 5.02 Å². The van der Waals surface area contributed by atoms with Crippen LogP contribution in [-0.4, -0.2) is 19.0 Å². The van der Waals surface area contributed by atoms with E-state index in [0.717, 1.165) is 19.2 Å². The Hall–Kier alpha value is -1.76. The number of anilines is 1. The molecule has 0 saturated carbocycles. The van der Waals surface area contributed by atoms with Crippen molar-refractivity contribution < 1.29 is 27.5 Å². The van der Waals surface area contributed by atoms with E-state index in [-0.39, 0.29) is 5.69 Å². The van der Waals surface area contributed by atoms with Crippen molar-refractivity contribution in [1.29, 1.82) is 0 Å². The van der Waals surface area contributed by atoms with Crippen LogP contribution in [0.4, 0.5) is 18.9 Å². The average molecular weight is 282 g/mol. The third kappa shape index (κ3) is 3.36. The first kappa shape index (κ1) is 14.3. The summed E-state index contributed by atoms with van der Waals surface area (Å²) in [6.45, 7) is 0. The van der Waals surface area contributed by atoms with Gasteiger partial charge in [-0.2, -0.15) is 13.2 Å². The molecule has 8 heteroatoms. The highest BCUT2D eigenvalue weighted by atomic mass is 35.5. The summed E-state index contributed by atoms with van der Waals surface area (Å²) in [5.74, 6) is -2.38. The molecule has 1 aromatic carbocycles. The van der Waals surface area contributed by atoms with E-state index < -0.39 is 28.6 Å². The number of esters is 1. The minimum atomic E-state index is -4.65. The Labute approximate surface area is 105 Å². The Morgan fingerprint density at radius 2 is 1.94 bits per heavy atom. The van der Waals surface area contributed by atoms with E-state index in [2.05, 4.69) is 4.74 Å². The Bertz CT molecular complexity index is 488. The highest BCUT2D eigenvalue weighted by molar-refractivity contribution is 6.37. The third-order valence-electron chi connectivity index (χ3n) is 1.90. The van der Waals surface area contributed by atoms with Gasteiger partial charge in [0.1, 0.15) is 0 Å². The summed E-state index contributed by atoms with van der Waals surface area (Å²) in [6.07, 6.45) is -4.65. The smallest absolute Gasteiger partial charge is 0.417 e. The maximum absolute atomic E-state index is 12.5. The molecule has 18 heavy (non-hydrogen) atoms. The molecule has 4 nitrogen and oxygen atoms in total. The van der Waals surface area contributed by atoms with Crippen molar-refractivity contribution in [3.63, 3.8) is 0 Å². The average Bonchev–Trinajstić information content (AvgIpc) is 2.29. The molecule has 0 aliphatic carbocycles. The van der Waals surface area contributed by atoms with Crippen LogP contribution in [0.1, 0.15) is 5.56 Å². The fourth-order valence-corrected chi connectivity index (χ4v) is 1.32. The summed E-state index contributed by atoms with van der Waals surface area (Å²) >= 11 is 5.38. The quantitative estimate of drug-likeness (QED) is 0.635. The van der Waals surface area contributed by atoms with Gasteiger partial charge in [-0.05, 0) is 18.2 Å². The standard InChI is InChI=1S/C10H7ClF3NO3/c1-18-9(17)8(16)15-5-2-3-7(11)6(4-5)10(12,13)14/h2-4H,1H3,(H,15,16). The SMILES string of the molecule is COC(=O)C(=O)Nc1ccc(Cl)c(C(F)(F)F)c1. The number of ether oxygens (including phenoxy) is 1. The Kier molecular flexibility index (Phi) is 4.18. The van der Waals surface area contributed by atoms with Gasteiger partial charge in [-0.1, -0.05) is 11.6 Å². The summed E-state index contributed by atoms with van der Waals surface area (Å²) in [5, 5.41) is 1.46. The molecule has 1 rings (SSSR count). The molecule has 0 unspecified atom stereocenters. The van der Waals surface area contributed by atoms with Gasteiger partial charge in [0.25, 0.3) is 0 Å². The number of rotatable bonds is 1. The zero-order chi connectivity index (χ0) is 13.9. The van der Waals surface area contributed by atoms with E-state index >= 15 is 0 Å². The summed E-state index contributed by atoms with van der Waals surface area (Å²) in [6, 6.07) is 2.73. The van der Waals surface area contributed by atoms with E-state index in [1.165, 1.54) is 0 Å². The molecule has 0 radical (unpaired) electrons. The van der Waals surface area contributed by atoms with Gasteiger partial charge in [0.15, 0.2) is 0 Å². The van der Waals surface area contributed by atoms with Gasteiger partial charge in [0.05, 0.1) is 17.7 Å². The molecule has 1 N–H and O–H groups in total. The molecule has 1 amide bonds. The molecule has 0 aliphatic heterocycles. The van der Waals surface area contributed by atoms with E-state index in [4.69, 9.17) is 11.6 Å². The van der Waals surface area contributed by atoms with Crippen LogP contribution in [0.15, 0.2) is 18.2 Å². The van der Waals surface area contributed by atoms with E-state index in [1.807, 2.05) is 5.32 Å². The van der Waals surface area contributed by atoms with Gasteiger partial charge in [-0.3, -0.25) is 4.79 Å². The van der Waals surface area contributed by atoms with E-state index in [1.54, 1.807) is 0 Å². The Balaban J connectivity index is 3.00. The molecule has 98 valence electrons. The number of hydrogen-bond acceptors (Lipinski definition) is 3. The first-order valence-electron chi connectivity index (χ1n) is 4.51. The molecule has 0 aliphatic rings. The van der Waals surface area contributed by atoms with Gasteiger partial charge in [0, 0.05) is 5.69 Å². The minimum Gasteiger partial charge on any atom is -0.462 e. The van der Waals surface area contributed by atoms with Gasteiger partial charge in [-0.25, -0.2) is 4.79 Å². The fraction of sp³-hybridized carbons (Fsp3) is 0.200. The van der Waals surface area contributed by atoms with Crippen LogP contribution < -0.4 is 5.32 Å². The normalized spacial score (nSPS) is 10.9. The van der Waals surface area contributed by atoms with Crippen LogP contribution in [-0.2, 0) is 20.5 Å². The zero-order valence-electron chi connectivity index (χ0n) is 8.97. The van der Waals surface area contributed by atoms with E-state index in [0.29, 0.717) is 6.07 Å². The Morgan fingerprint density at radius 1 is 1.33 bits per heavy atom. The molecule has 0 spiro atoms. The second-order valence-electron chi connectivity index (χ2n) is 3.14. The maximum atomic E-state index is 12.5. The molecule has 0 bridgehead atoms. The molecular weight excluding hydrogens is 275 g/mol. The number of nitrogens with one attached hydrogen (secondary N) is 1. The molecule has 0 aromatic heterocycles. The lowest BCUT2D eigenvalue weighted by atomic mass is 10.2. The summed E-state index contributed by atoms with van der Waals surface area (Å²) in [5.41, 5.74) is -1.31.